The molecule has 0 saturated heterocycles. The van der Waals surface area contributed by atoms with Crippen molar-refractivity contribution in [3.05, 3.63) is 0 Å². The van der Waals surface area contributed by atoms with E-state index in [0.29, 0.717) is 16.9 Å². The maximum Gasteiger partial charge on any atom is 0.0683 e. The van der Waals surface area contributed by atoms with Crippen LogP contribution in [0.5, 0.6) is 0 Å². The first-order chi connectivity index (χ1) is 8.55. The highest BCUT2D eigenvalue weighted by atomic mass is 14.9. The van der Waals surface area contributed by atoms with Crippen molar-refractivity contribution < 1.29 is 0 Å². The minimum Gasteiger partial charge on any atom is -0.314 e. The van der Waals surface area contributed by atoms with Crippen LogP contribution in [-0.2, 0) is 0 Å². The quantitative estimate of drug-likeness (QED) is 0.742. The average Bonchev–Trinajstić information content (AvgIpc) is 2.20. The van der Waals surface area contributed by atoms with Crippen molar-refractivity contribution in [3.8, 4) is 6.07 Å². The summed E-state index contributed by atoms with van der Waals surface area (Å²) in [4.78, 5) is 0. The van der Waals surface area contributed by atoms with E-state index in [9.17, 15) is 0 Å². The van der Waals surface area contributed by atoms with Crippen molar-refractivity contribution in [1.29, 1.82) is 5.26 Å². The molecular formula is C17H32N2. The molecule has 0 bridgehead atoms. The number of hydrogen-bond donors (Lipinski definition) is 1. The van der Waals surface area contributed by atoms with Crippen LogP contribution < -0.4 is 5.32 Å². The zero-order valence-electron chi connectivity index (χ0n) is 13.8. The Labute approximate surface area is 120 Å². The predicted molar refractivity (Wildman–Crippen MR) is 81.8 cm³/mol. The van der Waals surface area contributed by atoms with Gasteiger partial charge < -0.3 is 5.32 Å². The molecule has 2 heteroatoms. The number of rotatable bonds is 5. The van der Waals surface area contributed by atoms with Gasteiger partial charge in [0.05, 0.1) is 11.5 Å². The summed E-state index contributed by atoms with van der Waals surface area (Å²) < 4.78 is 0. The Bertz CT molecular complexity index is 318. The standard InChI is InChI=1S/C17H32N2/c1-15(2,13-18)8-7-9-19-14-10-16(3,4)12-17(5,6)11-14/h14,19H,7-12H2,1-6H3. The van der Waals surface area contributed by atoms with Crippen LogP contribution in [0.1, 0.15) is 73.6 Å². The molecular weight excluding hydrogens is 232 g/mol. The fourth-order valence-corrected chi connectivity index (χ4v) is 3.88. The second kappa shape index (κ2) is 5.83. The zero-order valence-corrected chi connectivity index (χ0v) is 13.8. The van der Waals surface area contributed by atoms with Crippen LogP contribution in [0.4, 0.5) is 0 Å². The van der Waals surface area contributed by atoms with Crippen molar-refractivity contribution >= 4 is 0 Å². The average molecular weight is 264 g/mol. The van der Waals surface area contributed by atoms with Crippen molar-refractivity contribution in [2.24, 2.45) is 16.2 Å². The lowest BCUT2D eigenvalue weighted by molar-refractivity contribution is 0.0848. The molecule has 0 radical (unpaired) electrons. The molecule has 19 heavy (non-hydrogen) atoms. The van der Waals surface area contributed by atoms with Gasteiger partial charge in [0.15, 0.2) is 0 Å². The maximum atomic E-state index is 9.01. The molecule has 0 aromatic heterocycles. The van der Waals surface area contributed by atoms with Gasteiger partial charge in [0.2, 0.25) is 0 Å². The Hall–Kier alpha value is -0.550. The summed E-state index contributed by atoms with van der Waals surface area (Å²) in [5, 5.41) is 12.7. The van der Waals surface area contributed by atoms with Crippen molar-refractivity contribution in [2.75, 3.05) is 6.54 Å². The lowest BCUT2D eigenvalue weighted by atomic mass is 9.63. The minimum absolute atomic E-state index is 0.174. The number of nitriles is 1. The molecule has 0 heterocycles. The molecule has 0 aromatic rings. The predicted octanol–water partition coefficient (Wildman–Crippen LogP) is 4.51. The van der Waals surface area contributed by atoms with Gasteiger partial charge in [-0.05, 0) is 63.3 Å². The smallest absolute Gasteiger partial charge is 0.0683 e. The molecule has 0 aromatic carbocycles. The Balaban J connectivity index is 2.36. The third kappa shape index (κ3) is 5.95. The Kier molecular flexibility index (Phi) is 5.07. The molecule has 0 unspecified atom stereocenters. The summed E-state index contributed by atoms with van der Waals surface area (Å²) >= 11 is 0. The molecule has 1 saturated carbocycles. The fourth-order valence-electron chi connectivity index (χ4n) is 3.88. The van der Waals surface area contributed by atoms with Gasteiger partial charge in [-0.3, -0.25) is 0 Å². The Morgan fingerprint density at radius 3 is 2.16 bits per heavy atom. The number of nitrogens with zero attached hydrogens (tertiary/aromatic N) is 1. The van der Waals surface area contributed by atoms with Gasteiger partial charge in [-0.15, -0.1) is 0 Å². The fraction of sp³-hybridized carbons (Fsp3) is 0.941. The van der Waals surface area contributed by atoms with Gasteiger partial charge >= 0.3 is 0 Å². The van der Waals surface area contributed by atoms with Crippen molar-refractivity contribution in [2.45, 2.75) is 79.7 Å². The van der Waals surface area contributed by atoms with Crippen LogP contribution in [0.3, 0.4) is 0 Å². The summed E-state index contributed by atoms with van der Waals surface area (Å²) in [7, 11) is 0. The topological polar surface area (TPSA) is 35.8 Å². The summed E-state index contributed by atoms with van der Waals surface area (Å²) in [5.74, 6) is 0. The lowest BCUT2D eigenvalue weighted by Crippen LogP contribution is -2.44. The van der Waals surface area contributed by atoms with Gasteiger partial charge in [-0.25, -0.2) is 0 Å². The first-order valence-electron chi connectivity index (χ1n) is 7.70. The first kappa shape index (κ1) is 16.5. The maximum absolute atomic E-state index is 9.01. The van der Waals surface area contributed by atoms with Gasteiger partial charge in [0.25, 0.3) is 0 Å². The summed E-state index contributed by atoms with van der Waals surface area (Å²) in [5.41, 5.74) is 0.726. The van der Waals surface area contributed by atoms with Crippen LogP contribution >= 0.6 is 0 Å². The third-order valence-corrected chi connectivity index (χ3v) is 4.27. The second-order valence-electron chi connectivity index (χ2n) is 8.66. The molecule has 0 amide bonds. The van der Waals surface area contributed by atoms with Crippen LogP contribution in [0, 0.1) is 27.6 Å². The molecule has 110 valence electrons. The number of hydrogen-bond acceptors (Lipinski definition) is 2. The molecule has 2 nitrogen and oxygen atoms in total. The zero-order chi connectivity index (χ0) is 14.7. The van der Waals surface area contributed by atoms with Gasteiger partial charge in [-0.2, -0.15) is 5.26 Å². The molecule has 0 spiro atoms. The van der Waals surface area contributed by atoms with E-state index in [1.165, 1.54) is 19.3 Å². The largest absolute Gasteiger partial charge is 0.314 e. The van der Waals surface area contributed by atoms with E-state index in [1.807, 2.05) is 13.8 Å². The summed E-state index contributed by atoms with van der Waals surface area (Å²) in [6.45, 7) is 14.7. The van der Waals surface area contributed by atoms with E-state index in [1.54, 1.807) is 0 Å². The Morgan fingerprint density at radius 1 is 1.16 bits per heavy atom. The first-order valence-corrected chi connectivity index (χ1v) is 7.70. The third-order valence-electron chi connectivity index (χ3n) is 4.27. The lowest BCUT2D eigenvalue weighted by Gasteiger charge is -2.45. The van der Waals surface area contributed by atoms with Crippen LogP contribution in [0.15, 0.2) is 0 Å². The molecule has 1 fully saturated rings. The van der Waals surface area contributed by atoms with Crippen molar-refractivity contribution in [3.63, 3.8) is 0 Å². The molecule has 1 rings (SSSR count). The summed E-state index contributed by atoms with van der Waals surface area (Å²) in [6.07, 6.45) is 5.95. The second-order valence-corrected chi connectivity index (χ2v) is 8.66. The van der Waals surface area contributed by atoms with Crippen LogP contribution in [0.25, 0.3) is 0 Å². The van der Waals surface area contributed by atoms with E-state index < -0.39 is 0 Å². The normalized spacial score (nSPS) is 23.0. The molecule has 0 aliphatic heterocycles. The highest BCUT2D eigenvalue weighted by Crippen LogP contribution is 2.45. The van der Waals surface area contributed by atoms with Gasteiger partial charge in [-0.1, -0.05) is 27.7 Å². The molecule has 1 aliphatic rings. The van der Waals surface area contributed by atoms with Crippen LogP contribution in [0.2, 0.25) is 0 Å². The van der Waals surface area contributed by atoms with E-state index in [-0.39, 0.29) is 5.41 Å². The highest BCUT2D eigenvalue weighted by molar-refractivity contribution is 4.93. The van der Waals surface area contributed by atoms with Crippen LogP contribution in [-0.4, -0.2) is 12.6 Å². The highest BCUT2D eigenvalue weighted by Gasteiger charge is 2.38. The van der Waals surface area contributed by atoms with Gasteiger partial charge in [0, 0.05) is 6.04 Å². The Morgan fingerprint density at radius 2 is 1.68 bits per heavy atom. The minimum atomic E-state index is -0.174. The van der Waals surface area contributed by atoms with Crippen molar-refractivity contribution in [1.82, 2.24) is 5.32 Å². The molecule has 1 aliphatic carbocycles. The summed E-state index contributed by atoms with van der Waals surface area (Å²) in [6, 6.07) is 3.02. The number of nitrogens with one attached hydrogen (secondary N) is 1. The van der Waals surface area contributed by atoms with E-state index in [0.717, 1.165) is 19.4 Å². The van der Waals surface area contributed by atoms with E-state index in [2.05, 4.69) is 39.1 Å². The van der Waals surface area contributed by atoms with Gasteiger partial charge in [0.1, 0.15) is 0 Å². The van der Waals surface area contributed by atoms with E-state index >= 15 is 0 Å². The van der Waals surface area contributed by atoms with E-state index in [4.69, 9.17) is 5.26 Å². The molecule has 1 N–H and O–H groups in total. The monoisotopic (exact) mass is 264 g/mol. The molecule has 0 atom stereocenters. The SMILES string of the molecule is CC(C)(C#N)CCCNC1CC(C)(C)CC(C)(C)C1.